The third-order valence-electron chi connectivity index (χ3n) is 8.79. The van der Waals surface area contributed by atoms with Crippen LogP contribution in [-0.2, 0) is 6.54 Å². The largest absolute Gasteiger partial charge is 0.492 e. The molecular formula is C34H34FN9O. The molecule has 0 unspecified atom stereocenters. The Kier molecular flexibility index (Phi) is 7.40. The molecule has 1 aromatic carbocycles. The molecule has 0 saturated carbocycles. The third-order valence-corrected chi connectivity index (χ3v) is 8.79. The first kappa shape index (κ1) is 27.8. The molecule has 228 valence electrons. The van der Waals surface area contributed by atoms with E-state index >= 15 is 0 Å². The van der Waals surface area contributed by atoms with Crippen LogP contribution in [0.15, 0.2) is 61.2 Å². The topological polar surface area (TPSA) is 112 Å². The van der Waals surface area contributed by atoms with Crippen LogP contribution in [-0.4, -0.2) is 84.2 Å². The fraction of sp³-hybridized carbons (Fsp3) is 0.324. The summed E-state index contributed by atoms with van der Waals surface area (Å²) in [6, 6.07) is 10.8. The maximum absolute atomic E-state index is 14.8. The van der Waals surface area contributed by atoms with Gasteiger partial charge < -0.3 is 9.72 Å². The maximum atomic E-state index is 14.8. The number of pyridine rings is 3. The van der Waals surface area contributed by atoms with Crippen LogP contribution in [0.5, 0.6) is 5.75 Å². The average Bonchev–Trinajstić information content (AvgIpc) is 3.88. The molecule has 2 fully saturated rings. The highest BCUT2D eigenvalue weighted by Crippen LogP contribution is 2.33. The maximum Gasteiger partial charge on any atom is 0.159 e. The number of imidazole rings is 1. The molecular weight excluding hydrogens is 569 g/mol. The van der Waals surface area contributed by atoms with Crippen LogP contribution in [0.4, 0.5) is 4.39 Å². The van der Waals surface area contributed by atoms with E-state index in [4.69, 9.17) is 9.72 Å². The van der Waals surface area contributed by atoms with Crippen molar-refractivity contribution >= 4 is 22.1 Å². The third kappa shape index (κ3) is 5.76. The molecule has 7 heterocycles. The first-order chi connectivity index (χ1) is 22.2. The summed E-state index contributed by atoms with van der Waals surface area (Å²) in [6.07, 6.45) is 12.3. The van der Waals surface area contributed by atoms with Crippen LogP contribution >= 0.6 is 0 Å². The monoisotopic (exact) mass is 603 g/mol. The van der Waals surface area contributed by atoms with Gasteiger partial charge in [-0.3, -0.25) is 24.9 Å². The molecule has 0 aliphatic carbocycles. The molecule has 2 aliphatic heterocycles. The summed E-state index contributed by atoms with van der Waals surface area (Å²) < 4.78 is 20.7. The summed E-state index contributed by atoms with van der Waals surface area (Å²) in [5, 5.41) is 8.45. The van der Waals surface area contributed by atoms with Gasteiger partial charge in [0.25, 0.3) is 0 Å². The second-order valence-corrected chi connectivity index (χ2v) is 12.0. The second-order valence-electron chi connectivity index (χ2n) is 12.0. The second kappa shape index (κ2) is 12.0. The number of nitrogens with zero attached hydrogens (tertiary/aromatic N) is 7. The Hall–Kier alpha value is -4.74. The zero-order chi connectivity index (χ0) is 30.2. The number of hydrogen-bond acceptors (Lipinski definition) is 8. The van der Waals surface area contributed by atoms with E-state index < -0.39 is 0 Å². The number of ether oxygens (including phenoxy) is 1. The lowest BCUT2D eigenvalue weighted by molar-refractivity contribution is 0.237. The number of likely N-dealkylation sites (tertiary alicyclic amines) is 2. The van der Waals surface area contributed by atoms with E-state index in [0.29, 0.717) is 46.3 Å². The standard InChI is InChI=1S/C34H34FN9O/c35-26-14-23(15-27(17-26)45-12-11-43-7-1-2-8-43)30-32-29(5-6-37-30)39-34(40-32)31-28-16-25(20-38-33(28)42-41-31)24-13-22(18-36-19-24)21-44-9-3-4-10-44/h5-6,13-20H,1-4,7-12,21H2,(H,39,40)(H,38,41,42). The summed E-state index contributed by atoms with van der Waals surface area (Å²) >= 11 is 0. The average molecular weight is 604 g/mol. The van der Waals surface area contributed by atoms with Crippen molar-refractivity contribution in [1.82, 2.24) is 44.9 Å². The smallest absolute Gasteiger partial charge is 0.159 e. The number of aromatic amines is 2. The van der Waals surface area contributed by atoms with Gasteiger partial charge in [0, 0.05) is 60.6 Å². The van der Waals surface area contributed by atoms with Crippen molar-refractivity contribution in [2.75, 3.05) is 39.3 Å². The molecule has 6 aromatic rings. The van der Waals surface area contributed by atoms with Gasteiger partial charge in [-0.05, 0) is 87.8 Å². The van der Waals surface area contributed by atoms with E-state index in [2.05, 4.69) is 52.1 Å². The molecule has 0 amide bonds. The SMILES string of the molecule is Fc1cc(OCCN2CCCC2)cc(-c2nccc3[nH]c(-c4n[nH]c5ncc(-c6cncc(CN7CCCC7)c6)cc45)nc23)c1. The summed E-state index contributed by atoms with van der Waals surface area (Å²) in [5.41, 5.74) is 7.03. The quantitative estimate of drug-likeness (QED) is 0.212. The predicted octanol–water partition coefficient (Wildman–Crippen LogP) is 5.83. The Balaban J connectivity index is 1.09. The number of fused-ring (bicyclic) bond motifs is 2. The molecule has 2 aliphatic rings. The number of rotatable bonds is 9. The van der Waals surface area contributed by atoms with Gasteiger partial charge in [-0.1, -0.05) is 0 Å². The normalized spacial score (nSPS) is 15.9. The van der Waals surface area contributed by atoms with Crippen molar-refractivity contribution in [2.45, 2.75) is 32.2 Å². The lowest BCUT2D eigenvalue weighted by Gasteiger charge is -2.15. The number of H-pyrrole nitrogens is 2. The van der Waals surface area contributed by atoms with Gasteiger partial charge in [0.05, 0.1) is 16.6 Å². The van der Waals surface area contributed by atoms with Crippen molar-refractivity contribution in [2.24, 2.45) is 0 Å². The summed E-state index contributed by atoms with van der Waals surface area (Å²) in [5.74, 6) is 0.674. The van der Waals surface area contributed by atoms with E-state index in [9.17, 15) is 4.39 Å². The molecule has 0 atom stereocenters. The van der Waals surface area contributed by atoms with Crippen molar-refractivity contribution in [3.8, 4) is 39.7 Å². The molecule has 8 rings (SSSR count). The Morgan fingerprint density at radius 2 is 1.64 bits per heavy atom. The van der Waals surface area contributed by atoms with Crippen LogP contribution in [0.2, 0.25) is 0 Å². The van der Waals surface area contributed by atoms with Crippen molar-refractivity contribution < 1.29 is 9.13 Å². The predicted molar refractivity (Wildman–Crippen MR) is 171 cm³/mol. The van der Waals surface area contributed by atoms with Gasteiger partial charge in [-0.15, -0.1) is 0 Å². The van der Waals surface area contributed by atoms with Crippen molar-refractivity contribution in [1.29, 1.82) is 0 Å². The van der Waals surface area contributed by atoms with E-state index in [1.807, 2.05) is 30.7 Å². The van der Waals surface area contributed by atoms with Gasteiger partial charge in [0.1, 0.15) is 29.4 Å². The van der Waals surface area contributed by atoms with E-state index in [0.717, 1.165) is 61.3 Å². The van der Waals surface area contributed by atoms with Gasteiger partial charge in [0.2, 0.25) is 0 Å². The highest BCUT2D eigenvalue weighted by atomic mass is 19.1. The molecule has 5 aromatic heterocycles. The summed E-state index contributed by atoms with van der Waals surface area (Å²) in [7, 11) is 0. The van der Waals surface area contributed by atoms with E-state index in [-0.39, 0.29) is 5.82 Å². The first-order valence-electron chi connectivity index (χ1n) is 15.7. The molecule has 0 bridgehead atoms. The number of aromatic nitrogens is 7. The van der Waals surface area contributed by atoms with Crippen LogP contribution in [0.3, 0.4) is 0 Å². The lowest BCUT2D eigenvalue weighted by atomic mass is 10.1. The minimum Gasteiger partial charge on any atom is -0.492 e. The van der Waals surface area contributed by atoms with Gasteiger partial charge >= 0.3 is 0 Å². The van der Waals surface area contributed by atoms with Gasteiger partial charge in [-0.2, -0.15) is 5.10 Å². The Morgan fingerprint density at radius 3 is 2.51 bits per heavy atom. The van der Waals surface area contributed by atoms with Crippen LogP contribution < -0.4 is 4.74 Å². The van der Waals surface area contributed by atoms with Crippen molar-refractivity contribution in [3.63, 3.8) is 0 Å². The van der Waals surface area contributed by atoms with E-state index in [1.165, 1.54) is 43.4 Å². The van der Waals surface area contributed by atoms with E-state index in [1.54, 1.807) is 6.20 Å². The van der Waals surface area contributed by atoms with Crippen LogP contribution in [0.25, 0.3) is 56.0 Å². The van der Waals surface area contributed by atoms with Crippen molar-refractivity contribution in [3.05, 3.63) is 72.6 Å². The fourth-order valence-electron chi connectivity index (χ4n) is 6.51. The Bertz CT molecular complexity index is 1970. The van der Waals surface area contributed by atoms with Crippen LogP contribution in [0, 0.1) is 5.82 Å². The molecule has 0 spiro atoms. The molecule has 11 heteroatoms. The number of nitrogens with one attached hydrogen (secondary N) is 2. The molecule has 2 N–H and O–H groups in total. The minimum absolute atomic E-state index is 0.380. The Labute approximate surface area is 259 Å². The zero-order valence-corrected chi connectivity index (χ0v) is 25.0. The lowest BCUT2D eigenvalue weighted by Crippen LogP contribution is -2.25. The number of hydrogen-bond donors (Lipinski definition) is 2. The number of halogens is 1. The highest BCUT2D eigenvalue weighted by molar-refractivity contribution is 5.96. The fourth-order valence-corrected chi connectivity index (χ4v) is 6.51. The molecule has 2 saturated heterocycles. The summed E-state index contributed by atoms with van der Waals surface area (Å²) in [4.78, 5) is 26.9. The highest BCUT2D eigenvalue weighted by Gasteiger charge is 2.19. The van der Waals surface area contributed by atoms with Crippen LogP contribution in [0.1, 0.15) is 31.2 Å². The molecule has 0 radical (unpaired) electrons. The zero-order valence-electron chi connectivity index (χ0n) is 25.0. The molecule has 10 nitrogen and oxygen atoms in total. The summed E-state index contributed by atoms with van der Waals surface area (Å²) in [6.45, 7) is 6.70. The number of benzene rings is 1. The first-order valence-corrected chi connectivity index (χ1v) is 15.7. The molecule has 45 heavy (non-hydrogen) atoms. The minimum atomic E-state index is -0.380. The van der Waals surface area contributed by atoms with Gasteiger partial charge in [0.15, 0.2) is 11.5 Å². The Morgan fingerprint density at radius 1 is 0.822 bits per heavy atom. The van der Waals surface area contributed by atoms with Gasteiger partial charge in [-0.25, -0.2) is 14.4 Å².